The number of carbonyl (C=O) groups is 2. The van der Waals surface area contributed by atoms with Crippen LogP contribution in [0.4, 0.5) is 4.39 Å². The predicted octanol–water partition coefficient (Wildman–Crippen LogP) is 4.11. The van der Waals surface area contributed by atoms with Crippen molar-refractivity contribution in [3.63, 3.8) is 0 Å². The van der Waals surface area contributed by atoms with Gasteiger partial charge in [0, 0.05) is 4.75 Å². The molecule has 11 heteroatoms. The van der Waals surface area contributed by atoms with Gasteiger partial charge >= 0.3 is 11.9 Å². The average Bonchev–Trinajstić information content (AvgIpc) is 2.67. The zero-order valence-corrected chi connectivity index (χ0v) is 21.2. The van der Waals surface area contributed by atoms with Crippen molar-refractivity contribution in [2.24, 2.45) is 0 Å². The molecule has 0 aliphatic heterocycles. The number of benzene rings is 2. The van der Waals surface area contributed by atoms with E-state index >= 15 is 0 Å². The maximum atomic E-state index is 13.5. The molecule has 186 valence electrons. The van der Waals surface area contributed by atoms with Crippen molar-refractivity contribution in [3.05, 3.63) is 54.3 Å². The summed E-state index contributed by atoms with van der Waals surface area (Å²) in [6.45, 7) is 6.88. The summed E-state index contributed by atoms with van der Waals surface area (Å²) in [5, 5.41) is 9.81. The minimum Gasteiger partial charge on any atom is -0.480 e. The summed E-state index contributed by atoms with van der Waals surface area (Å²) in [5.74, 6) is -2.20. The third-order valence-electron chi connectivity index (χ3n) is 4.38. The number of hydrogen-bond donors (Lipinski definition) is 2. The summed E-state index contributed by atoms with van der Waals surface area (Å²) in [5.41, 5.74) is -0.902. The van der Waals surface area contributed by atoms with Gasteiger partial charge in [-0.2, -0.15) is 16.9 Å². The van der Waals surface area contributed by atoms with E-state index in [1.165, 1.54) is 62.4 Å². The van der Waals surface area contributed by atoms with Crippen LogP contribution in [0.2, 0.25) is 0 Å². The highest BCUT2D eigenvalue weighted by Gasteiger charge is 2.45. The summed E-state index contributed by atoms with van der Waals surface area (Å²) < 4.78 is 50.0. The molecule has 0 spiro atoms. The molecule has 34 heavy (non-hydrogen) atoms. The predicted molar refractivity (Wildman–Crippen MR) is 127 cm³/mol. The monoisotopic (exact) mass is 513 g/mol. The summed E-state index contributed by atoms with van der Waals surface area (Å²) in [6, 6.07) is 8.75. The molecule has 2 aromatic rings. The number of hydrogen-bond acceptors (Lipinski definition) is 7. The second-order valence-corrected chi connectivity index (χ2v) is 12.1. The first-order valence-electron chi connectivity index (χ1n) is 10.2. The quantitative estimate of drug-likeness (QED) is 0.384. The van der Waals surface area contributed by atoms with Gasteiger partial charge in [-0.25, -0.2) is 12.8 Å². The van der Waals surface area contributed by atoms with E-state index in [4.69, 9.17) is 9.47 Å². The van der Waals surface area contributed by atoms with Crippen molar-refractivity contribution >= 4 is 34.6 Å². The standard InChI is InChI=1S/C23H28FNO7S2/c1-22(2,3)32-19(26)14-25(20(21(27)28)23(4,5)33)34(29,30)18-12-10-17(11-13-18)31-16-8-6-15(24)7-9-16/h6-13,20,33H,14H2,1-5H3,(H,27,28)/t20-/m0/s1. The first kappa shape index (κ1) is 27.6. The second kappa shape index (κ2) is 10.3. The van der Waals surface area contributed by atoms with E-state index in [1.54, 1.807) is 20.8 Å². The first-order valence-corrected chi connectivity index (χ1v) is 12.1. The SMILES string of the molecule is CC(C)(C)OC(=O)CN([C@@H](C(=O)O)C(C)(C)S)S(=O)(=O)c1ccc(Oc2ccc(F)cc2)cc1. The molecule has 2 rings (SSSR count). The zero-order chi connectivity index (χ0) is 25.9. The number of carbonyl (C=O) groups excluding carboxylic acids is 1. The van der Waals surface area contributed by atoms with Crippen LogP contribution in [0.25, 0.3) is 0 Å². The fourth-order valence-corrected chi connectivity index (χ4v) is 5.03. The summed E-state index contributed by atoms with van der Waals surface area (Å²) in [4.78, 5) is 24.3. The van der Waals surface area contributed by atoms with Gasteiger partial charge in [-0.15, -0.1) is 0 Å². The molecule has 0 saturated heterocycles. The lowest BCUT2D eigenvalue weighted by Crippen LogP contribution is -2.55. The van der Waals surface area contributed by atoms with Gasteiger partial charge in [-0.3, -0.25) is 9.59 Å². The van der Waals surface area contributed by atoms with E-state index in [0.29, 0.717) is 10.1 Å². The highest BCUT2D eigenvalue weighted by molar-refractivity contribution is 7.89. The van der Waals surface area contributed by atoms with Crippen LogP contribution in [0.1, 0.15) is 34.6 Å². The molecule has 0 amide bonds. The Morgan fingerprint density at radius 1 is 1.00 bits per heavy atom. The van der Waals surface area contributed by atoms with Gasteiger partial charge in [0.1, 0.15) is 35.5 Å². The van der Waals surface area contributed by atoms with Crippen molar-refractivity contribution in [3.8, 4) is 11.5 Å². The molecule has 0 saturated carbocycles. The van der Waals surface area contributed by atoms with Gasteiger partial charge in [0.25, 0.3) is 0 Å². The smallest absolute Gasteiger partial charge is 0.323 e. The van der Waals surface area contributed by atoms with E-state index in [1.807, 2.05) is 0 Å². The maximum absolute atomic E-state index is 13.5. The average molecular weight is 514 g/mol. The van der Waals surface area contributed by atoms with Gasteiger partial charge in [-0.05, 0) is 83.1 Å². The Bertz CT molecular complexity index is 1120. The Morgan fingerprint density at radius 3 is 1.88 bits per heavy atom. The number of ether oxygens (including phenoxy) is 2. The van der Waals surface area contributed by atoms with E-state index in [0.717, 1.165) is 0 Å². The Morgan fingerprint density at radius 2 is 1.47 bits per heavy atom. The molecule has 0 aromatic heterocycles. The largest absolute Gasteiger partial charge is 0.480 e. The number of nitrogens with zero attached hydrogens (tertiary/aromatic N) is 1. The topological polar surface area (TPSA) is 110 Å². The van der Waals surface area contributed by atoms with E-state index in [-0.39, 0.29) is 10.6 Å². The lowest BCUT2D eigenvalue weighted by Gasteiger charge is -2.35. The molecule has 0 fully saturated rings. The molecule has 0 unspecified atom stereocenters. The number of rotatable bonds is 9. The van der Waals surface area contributed by atoms with Crippen LogP contribution in [0, 0.1) is 5.82 Å². The normalized spacial score (nSPS) is 13.4. The number of thiol groups is 1. The van der Waals surface area contributed by atoms with Crippen LogP contribution in [-0.4, -0.2) is 52.7 Å². The fourth-order valence-electron chi connectivity index (χ4n) is 3.05. The summed E-state index contributed by atoms with van der Waals surface area (Å²) in [6.07, 6.45) is 0. The van der Waals surface area contributed by atoms with Crippen LogP contribution in [0.5, 0.6) is 11.5 Å². The highest BCUT2D eigenvalue weighted by atomic mass is 32.2. The zero-order valence-electron chi connectivity index (χ0n) is 19.5. The van der Waals surface area contributed by atoms with Gasteiger partial charge in [0.2, 0.25) is 10.0 Å². The van der Waals surface area contributed by atoms with Gasteiger partial charge in [0.05, 0.1) is 4.90 Å². The van der Waals surface area contributed by atoms with Crippen LogP contribution in [-0.2, 0) is 24.3 Å². The Hall–Kier alpha value is -2.63. The maximum Gasteiger partial charge on any atom is 0.323 e. The molecule has 0 heterocycles. The molecule has 0 bridgehead atoms. The molecule has 0 aliphatic rings. The summed E-state index contributed by atoms with van der Waals surface area (Å²) >= 11 is 4.27. The third-order valence-corrected chi connectivity index (χ3v) is 6.45. The molecule has 1 atom stereocenters. The molecular formula is C23H28FNO7S2. The minimum atomic E-state index is -4.48. The summed E-state index contributed by atoms with van der Waals surface area (Å²) in [7, 11) is -4.48. The van der Waals surface area contributed by atoms with Gasteiger partial charge in [-0.1, -0.05) is 0 Å². The van der Waals surface area contributed by atoms with Gasteiger partial charge < -0.3 is 14.6 Å². The van der Waals surface area contributed by atoms with E-state index in [9.17, 15) is 27.5 Å². The van der Waals surface area contributed by atoms with Crippen molar-refractivity contribution in [1.82, 2.24) is 4.31 Å². The van der Waals surface area contributed by atoms with Crippen molar-refractivity contribution in [2.45, 2.75) is 55.9 Å². The number of sulfonamides is 1. The van der Waals surface area contributed by atoms with Crippen LogP contribution >= 0.6 is 12.6 Å². The molecule has 0 aliphatic carbocycles. The second-order valence-electron chi connectivity index (χ2n) is 9.06. The highest BCUT2D eigenvalue weighted by Crippen LogP contribution is 2.30. The molecular weight excluding hydrogens is 485 g/mol. The molecule has 2 aromatic carbocycles. The molecule has 1 N–H and O–H groups in total. The van der Waals surface area contributed by atoms with Crippen molar-refractivity contribution < 1.29 is 37.0 Å². The lowest BCUT2D eigenvalue weighted by atomic mass is 10.0. The van der Waals surface area contributed by atoms with E-state index < -0.39 is 50.7 Å². The Kier molecular flexibility index (Phi) is 8.39. The Balaban J connectivity index is 2.42. The number of halogens is 1. The van der Waals surface area contributed by atoms with Crippen molar-refractivity contribution in [1.29, 1.82) is 0 Å². The fraction of sp³-hybridized carbons (Fsp3) is 0.391. The number of aliphatic carboxylic acids is 1. The third kappa shape index (κ3) is 7.44. The van der Waals surface area contributed by atoms with Gasteiger partial charge in [0.15, 0.2) is 0 Å². The first-order chi connectivity index (χ1) is 15.5. The van der Waals surface area contributed by atoms with E-state index in [2.05, 4.69) is 12.6 Å². The lowest BCUT2D eigenvalue weighted by molar-refractivity contribution is -0.156. The Labute approximate surface area is 204 Å². The van der Waals surface area contributed by atoms with Crippen molar-refractivity contribution in [2.75, 3.05) is 6.54 Å². The minimum absolute atomic E-state index is 0.258. The number of carboxylic acid groups (broad SMARTS) is 1. The number of carboxylic acids is 1. The van der Waals surface area contributed by atoms with Crippen LogP contribution in [0.15, 0.2) is 53.4 Å². The molecule has 8 nitrogen and oxygen atoms in total. The van der Waals surface area contributed by atoms with Crippen LogP contribution < -0.4 is 4.74 Å². The van der Waals surface area contributed by atoms with Crippen LogP contribution in [0.3, 0.4) is 0 Å². The number of esters is 1. The molecule has 0 radical (unpaired) electrons.